The molecule has 0 aliphatic carbocycles. The van der Waals surface area contributed by atoms with Gasteiger partial charge >= 0.3 is 0 Å². The second-order valence-electron chi connectivity index (χ2n) is 4.93. The number of aliphatic hydroxyl groups excluding tert-OH is 2. The molecule has 3 N–H and O–H groups in total. The standard InChI is InChI=1S/C15H24ClNO3/c1-3-12(18)6-7-17-9-13(19)10-20-14-4-5-15(16)11(2)8-14/h4-5,8,12-13,17-19H,3,6-7,9-10H2,1-2H3. The van der Waals surface area contributed by atoms with Crippen molar-refractivity contribution >= 4 is 11.6 Å². The van der Waals surface area contributed by atoms with Crippen molar-refractivity contribution in [3.63, 3.8) is 0 Å². The Bertz CT molecular complexity index is 401. The van der Waals surface area contributed by atoms with Gasteiger partial charge in [0.15, 0.2) is 0 Å². The summed E-state index contributed by atoms with van der Waals surface area (Å²) < 4.78 is 5.50. The molecule has 114 valence electrons. The van der Waals surface area contributed by atoms with Crippen molar-refractivity contribution in [1.82, 2.24) is 5.32 Å². The summed E-state index contributed by atoms with van der Waals surface area (Å²) in [5, 5.41) is 23.0. The lowest BCUT2D eigenvalue weighted by molar-refractivity contribution is 0.104. The zero-order valence-electron chi connectivity index (χ0n) is 12.1. The molecule has 0 aliphatic heterocycles. The molecule has 0 heterocycles. The molecule has 20 heavy (non-hydrogen) atoms. The number of benzene rings is 1. The lowest BCUT2D eigenvalue weighted by Gasteiger charge is -2.14. The van der Waals surface area contributed by atoms with Crippen LogP contribution in [-0.4, -0.2) is 42.1 Å². The minimum Gasteiger partial charge on any atom is -0.491 e. The Morgan fingerprint density at radius 1 is 1.30 bits per heavy atom. The molecule has 1 aromatic rings. The van der Waals surface area contributed by atoms with Crippen LogP contribution in [0.3, 0.4) is 0 Å². The lowest BCUT2D eigenvalue weighted by Crippen LogP contribution is -2.33. The molecule has 0 saturated heterocycles. The molecule has 5 heteroatoms. The van der Waals surface area contributed by atoms with E-state index in [9.17, 15) is 10.2 Å². The molecule has 1 rings (SSSR count). The van der Waals surface area contributed by atoms with Crippen LogP contribution in [0.15, 0.2) is 18.2 Å². The van der Waals surface area contributed by atoms with Crippen molar-refractivity contribution in [2.75, 3.05) is 19.7 Å². The van der Waals surface area contributed by atoms with E-state index in [2.05, 4.69) is 5.32 Å². The third-order valence-corrected chi connectivity index (χ3v) is 3.50. The van der Waals surface area contributed by atoms with Gasteiger partial charge in [-0.3, -0.25) is 0 Å². The quantitative estimate of drug-likeness (QED) is 0.612. The van der Waals surface area contributed by atoms with Gasteiger partial charge < -0.3 is 20.3 Å². The van der Waals surface area contributed by atoms with Crippen molar-refractivity contribution in [2.24, 2.45) is 0 Å². The number of halogens is 1. The molecular formula is C15H24ClNO3. The van der Waals surface area contributed by atoms with Gasteiger partial charge in [-0.25, -0.2) is 0 Å². The second kappa shape index (κ2) is 9.19. The van der Waals surface area contributed by atoms with Crippen molar-refractivity contribution < 1.29 is 14.9 Å². The third kappa shape index (κ3) is 6.57. The first-order chi connectivity index (χ1) is 9.52. The first kappa shape index (κ1) is 17.2. The third-order valence-electron chi connectivity index (χ3n) is 3.08. The van der Waals surface area contributed by atoms with Gasteiger partial charge in [-0.2, -0.15) is 0 Å². The van der Waals surface area contributed by atoms with E-state index in [-0.39, 0.29) is 12.7 Å². The predicted molar refractivity (Wildman–Crippen MR) is 81.5 cm³/mol. The molecule has 0 fully saturated rings. The van der Waals surface area contributed by atoms with Gasteiger partial charge in [-0.1, -0.05) is 18.5 Å². The summed E-state index contributed by atoms with van der Waals surface area (Å²) in [5.41, 5.74) is 0.949. The van der Waals surface area contributed by atoms with E-state index in [0.29, 0.717) is 30.3 Å². The Kier molecular flexibility index (Phi) is 7.92. The number of rotatable bonds is 9. The van der Waals surface area contributed by atoms with Gasteiger partial charge in [0.25, 0.3) is 0 Å². The lowest BCUT2D eigenvalue weighted by atomic mass is 10.2. The summed E-state index contributed by atoms with van der Waals surface area (Å²) in [7, 11) is 0. The Morgan fingerprint density at radius 2 is 2.05 bits per heavy atom. The topological polar surface area (TPSA) is 61.7 Å². The molecule has 0 radical (unpaired) electrons. The molecule has 2 unspecified atom stereocenters. The number of hydrogen-bond acceptors (Lipinski definition) is 4. The number of ether oxygens (including phenoxy) is 1. The summed E-state index contributed by atoms with van der Waals surface area (Å²) >= 11 is 5.93. The van der Waals surface area contributed by atoms with Gasteiger partial charge in [-0.15, -0.1) is 0 Å². The van der Waals surface area contributed by atoms with Gasteiger partial charge in [0.2, 0.25) is 0 Å². The van der Waals surface area contributed by atoms with E-state index in [4.69, 9.17) is 16.3 Å². The number of hydrogen-bond donors (Lipinski definition) is 3. The number of aryl methyl sites for hydroxylation is 1. The normalized spacial score (nSPS) is 14.1. The summed E-state index contributed by atoms with van der Waals surface area (Å²) in [6.45, 7) is 5.22. The van der Waals surface area contributed by atoms with Crippen LogP contribution in [0.25, 0.3) is 0 Å². The Labute approximate surface area is 125 Å². The van der Waals surface area contributed by atoms with E-state index in [1.54, 1.807) is 12.1 Å². The summed E-state index contributed by atoms with van der Waals surface area (Å²) in [6, 6.07) is 5.41. The summed E-state index contributed by atoms with van der Waals surface area (Å²) in [5.74, 6) is 0.701. The van der Waals surface area contributed by atoms with E-state index >= 15 is 0 Å². The molecule has 1 aromatic carbocycles. The zero-order chi connectivity index (χ0) is 15.0. The first-order valence-electron chi connectivity index (χ1n) is 6.98. The van der Waals surface area contributed by atoms with Crippen LogP contribution in [0.5, 0.6) is 5.75 Å². The molecule has 0 bridgehead atoms. The minimum absolute atomic E-state index is 0.227. The highest BCUT2D eigenvalue weighted by Crippen LogP contribution is 2.20. The first-order valence-corrected chi connectivity index (χ1v) is 7.36. The highest BCUT2D eigenvalue weighted by Gasteiger charge is 2.06. The highest BCUT2D eigenvalue weighted by atomic mass is 35.5. The van der Waals surface area contributed by atoms with Gasteiger partial charge in [0.05, 0.1) is 6.10 Å². The number of nitrogens with one attached hydrogen (secondary N) is 1. The van der Waals surface area contributed by atoms with Crippen LogP contribution in [0.2, 0.25) is 5.02 Å². The van der Waals surface area contributed by atoms with Crippen molar-refractivity contribution in [2.45, 2.75) is 38.9 Å². The molecule has 4 nitrogen and oxygen atoms in total. The van der Waals surface area contributed by atoms with E-state index < -0.39 is 6.10 Å². The zero-order valence-corrected chi connectivity index (χ0v) is 12.9. The van der Waals surface area contributed by atoms with E-state index in [0.717, 1.165) is 12.0 Å². The van der Waals surface area contributed by atoms with Crippen LogP contribution in [0.4, 0.5) is 0 Å². The van der Waals surface area contributed by atoms with E-state index in [1.165, 1.54) is 0 Å². The fraction of sp³-hybridized carbons (Fsp3) is 0.600. The Hall–Kier alpha value is -0.810. The molecule has 2 atom stereocenters. The maximum Gasteiger partial charge on any atom is 0.119 e. The van der Waals surface area contributed by atoms with Crippen LogP contribution in [-0.2, 0) is 0 Å². The molecular weight excluding hydrogens is 278 g/mol. The van der Waals surface area contributed by atoms with Crippen LogP contribution in [0, 0.1) is 6.92 Å². The second-order valence-corrected chi connectivity index (χ2v) is 5.34. The number of aliphatic hydroxyl groups is 2. The Morgan fingerprint density at radius 3 is 2.70 bits per heavy atom. The monoisotopic (exact) mass is 301 g/mol. The van der Waals surface area contributed by atoms with E-state index in [1.807, 2.05) is 19.9 Å². The van der Waals surface area contributed by atoms with Gasteiger partial charge in [0, 0.05) is 11.6 Å². The van der Waals surface area contributed by atoms with Gasteiger partial charge in [-0.05, 0) is 50.1 Å². The average Bonchev–Trinajstić information content (AvgIpc) is 2.44. The van der Waals surface area contributed by atoms with Crippen LogP contribution < -0.4 is 10.1 Å². The highest BCUT2D eigenvalue weighted by molar-refractivity contribution is 6.31. The maximum absolute atomic E-state index is 9.78. The molecule has 0 aliphatic rings. The largest absolute Gasteiger partial charge is 0.491 e. The minimum atomic E-state index is -0.579. The van der Waals surface area contributed by atoms with Crippen LogP contribution in [0.1, 0.15) is 25.3 Å². The van der Waals surface area contributed by atoms with Crippen molar-refractivity contribution in [3.05, 3.63) is 28.8 Å². The molecule has 0 spiro atoms. The summed E-state index contributed by atoms with van der Waals surface area (Å²) in [6.07, 6.45) is 0.599. The molecule has 0 saturated carbocycles. The predicted octanol–water partition coefficient (Wildman–Crippen LogP) is 2.14. The summed E-state index contributed by atoms with van der Waals surface area (Å²) in [4.78, 5) is 0. The average molecular weight is 302 g/mol. The van der Waals surface area contributed by atoms with Crippen molar-refractivity contribution in [1.29, 1.82) is 0 Å². The van der Waals surface area contributed by atoms with Gasteiger partial charge in [0.1, 0.15) is 18.5 Å². The Balaban J connectivity index is 2.19. The smallest absolute Gasteiger partial charge is 0.119 e. The fourth-order valence-corrected chi connectivity index (χ4v) is 1.82. The maximum atomic E-state index is 9.78. The van der Waals surface area contributed by atoms with Crippen LogP contribution >= 0.6 is 11.6 Å². The SMILES string of the molecule is CCC(O)CCNCC(O)COc1ccc(Cl)c(C)c1. The fourth-order valence-electron chi connectivity index (χ4n) is 1.70. The van der Waals surface area contributed by atoms with Crippen molar-refractivity contribution in [3.8, 4) is 5.75 Å². The molecule has 0 amide bonds. The molecule has 0 aromatic heterocycles.